The lowest BCUT2D eigenvalue weighted by Gasteiger charge is -2.19. The van der Waals surface area contributed by atoms with Crippen LogP contribution in [0, 0.1) is 0 Å². The molecule has 0 radical (unpaired) electrons. The van der Waals surface area contributed by atoms with Crippen LogP contribution in [0.4, 0.5) is 5.13 Å². The van der Waals surface area contributed by atoms with Crippen molar-refractivity contribution < 1.29 is 9.53 Å². The van der Waals surface area contributed by atoms with Crippen LogP contribution < -0.4 is 11.1 Å². The summed E-state index contributed by atoms with van der Waals surface area (Å²) in [7, 11) is 0. The van der Waals surface area contributed by atoms with Crippen molar-refractivity contribution in [3.05, 3.63) is 11.1 Å². The number of anilines is 1. The van der Waals surface area contributed by atoms with E-state index in [9.17, 15) is 4.79 Å². The lowest BCUT2D eigenvalue weighted by Crippen LogP contribution is -2.51. The largest absolute Gasteiger partial charge is 0.379 e. The molecule has 1 aromatic rings. The molecule has 3 N–H and O–H groups in total. The van der Waals surface area contributed by atoms with Crippen molar-refractivity contribution in [2.45, 2.75) is 30.7 Å². The maximum Gasteiger partial charge on any atom is 0.248 e. The molecule has 17 heavy (non-hydrogen) atoms. The Morgan fingerprint density at radius 2 is 2.47 bits per heavy atom. The standard InChI is InChI=1S/C11H15N3O2S/c12-11(3-4-16-6-11)9(15)14-10-13-8(5-17-10)7-1-2-7/h5,7H,1-4,6,12H2,(H,13,14,15). The highest BCUT2D eigenvalue weighted by Crippen LogP contribution is 2.40. The third-order valence-electron chi connectivity index (χ3n) is 3.24. The van der Waals surface area contributed by atoms with Crippen molar-refractivity contribution in [3.63, 3.8) is 0 Å². The van der Waals surface area contributed by atoms with E-state index in [4.69, 9.17) is 10.5 Å². The third kappa shape index (κ3) is 2.20. The smallest absolute Gasteiger partial charge is 0.248 e. The maximum atomic E-state index is 12.0. The number of ether oxygens (including phenoxy) is 1. The van der Waals surface area contributed by atoms with E-state index in [-0.39, 0.29) is 5.91 Å². The molecular formula is C11H15N3O2S. The molecule has 0 bridgehead atoms. The molecule has 1 saturated heterocycles. The molecule has 2 aliphatic rings. The number of hydrogen-bond acceptors (Lipinski definition) is 5. The van der Waals surface area contributed by atoms with E-state index in [1.165, 1.54) is 24.2 Å². The number of carbonyl (C=O) groups is 1. The number of carbonyl (C=O) groups excluding carboxylic acids is 1. The Morgan fingerprint density at radius 3 is 3.12 bits per heavy atom. The van der Waals surface area contributed by atoms with Gasteiger partial charge in [-0.05, 0) is 19.3 Å². The molecule has 0 aromatic carbocycles. The topological polar surface area (TPSA) is 77.2 Å². The predicted molar refractivity (Wildman–Crippen MR) is 65.1 cm³/mol. The van der Waals surface area contributed by atoms with Crippen molar-refractivity contribution in [1.29, 1.82) is 0 Å². The molecule has 1 aliphatic heterocycles. The Kier molecular flexibility index (Phi) is 2.65. The van der Waals surface area contributed by atoms with Crippen LogP contribution in [0.25, 0.3) is 0 Å². The van der Waals surface area contributed by atoms with Crippen LogP contribution in [0.2, 0.25) is 0 Å². The first-order chi connectivity index (χ1) is 8.17. The second-order valence-electron chi connectivity index (χ2n) is 4.76. The molecule has 1 atom stereocenters. The minimum absolute atomic E-state index is 0.188. The SMILES string of the molecule is NC1(C(=O)Nc2nc(C3CC3)cs2)CCOC1. The highest BCUT2D eigenvalue weighted by Gasteiger charge is 2.38. The van der Waals surface area contributed by atoms with Gasteiger partial charge in [0.2, 0.25) is 5.91 Å². The van der Waals surface area contributed by atoms with Crippen LogP contribution in [0.3, 0.4) is 0 Å². The average Bonchev–Trinajstić information content (AvgIpc) is 2.89. The average molecular weight is 253 g/mol. The van der Waals surface area contributed by atoms with Crippen LogP contribution in [0.1, 0.15) is 30.9 Å². The molecule has 92 valence electrons. The first-order valence-corrected chi connectivity index (χ1v) is 6.69. The number of nitrogens with zero attached hydrogens (tertiary/aromatic N) is 1. The fraction of sp³-hybridized carbons (Fsp3) is 0.636. The van der Waals surface area contributed by atoms with Crippen LogP contribution in [-0.4, -0.2) is 29.6 Å². The molecule has 1 aromatic heterocycles. The minimum Gasteiger partial charge on any atom is -0.379 e. The number of nitrogens with two attached hydrogens (primary N) is 1. The number of rotatable bonds is 3. The minimum atomic E-state index is -0.884. The zero-order chi connectivity index (χ0) is 11.9. The normalized spacial score (nSPS) is 28.3. The van der Waals surface area contributed by atoms with E-state index in [2.05, 4.69) is 10.3 Å². The molecule has 3 rings (SSSR count). The number of amides is 1. The molecule has 1 aliphatic carbocycles. The van der Waals surface area contributed by atoms with Crippen LogP contribution in [-0.2, 0) is 9.53 Å². The Labute approximate surface area is 103 Å². The Morgan fingerprint density at radius 1 is 1.65 bits per heavy atom. The number of aromatic nitrogens is 1. The van der Waals surface area contributed by atoms with Gasteiger partial charge in [0, 0.05) is 17.9 Å². The van der Waals surface area contributed by atoms with Crippen molar-refractivity contribution in [1.82, 2.24) is 4.98 Å². The van der Waals surface area contributed by atoms with Crippen LogP contribution in [0.15, 0.2) is 5.38 Å². The van der Waals surface area contributed by atoms with Crippen molar-refractivity contribution in [3.8, 4) is 0 Å². The van der Waals surface area contributed by atoms with E-state index in [0.29, 0.717) is 30.7 Å². The second-order valence-corrected chi connectivity index (χ2v) is 5.62. The van der Waals surface area contributed by atoms with Gasteiger partial charge in [0.25, 0.3) is 0 Å². The lowest BCUT2D eigenvalue weighted by atomic mass is 10.00. The lowest BCUT2D eigenvalue weighted by molar-refractivity contribution is -0.121. The first-order valence-electron chi connectivity index (χ1n) is 5.81. The molecule has 1 amide bonds. The van der Waals surface area contributed by atoms with Crippen LogP contribution in [0.5, 0.6) is 0 Å². The van der Waals surface area contributed by atoms with Crippen molar-refractivity contribution in [2.24, 2.45) is 5.73 Å². The second kappa shape index (κ2) is 4.04. The van der Waals surface area contributed by atoms with Gasteiger partial charge in [0.05, 0.1) is 12.3 Å². The van der Waals surface area contributed by atoms with Gasteiger partial charge >= 0.3 is 0 Å². The van der Waals surface area contributed by atoms with Crippen molar-refractivity contribution >= 4 is 22.4 Å². The molecule has 2 heterocycles. The molecule has 1 unspecified atom stereocenters. The zero-order valence-electron chi connectivity index (χ0n) is 9.44. The summed E-state index contributed by atoms with van der Waals surface area (Å²) in [5, 5.41) is 5.45. The van der Waals surface area contributed by atoms with E-state index in [1.807, 2.05) is 5.38 Å². The number of thiazole rings is 1. The summed E-state index contributed by atoms with van der Waals surface area (Å²) in [6.07, 6.45) is 3.00. The highest BCUT2D eigenvalue weighted by molar-refractivity contribution is 7.14. The molecule has 2 fully saturated rings. The van der Waals surface area contributed by atoms with Gasteiger partial charge in [-0.3, -0.25) is 4.79 Å². The fourth-order valence-electron chi connectivity index (χ4n) is 1.89. The van der Waals surface area contributed by atoms with E-state index < -0.39 is 5.54 Å². The summed E-state index contributed by atoms with van der Waals surface area (Å²) >= 11 is 1.46. The summed E-state index contributed by atoms with van der Waals surface area (Å²) < 4.78 is 5.17. The number of nitrogens with one attached hydrogen (secondary N) is 1. The van der Waals surface area contributed by atoms with Gasteiger partial charge in [-0.1, -0.05) is 0 Å². The first kappa shape index (κ1) is 11.1. The molecule has 1 saturated carbocycles. The maximum absolute atomic E-state index is 12.0. The summed E-state index contributed by atoms with van der Waals surface area (Å²) in [6, 6.07) is 0. The van der Waals surface area contributed by atoms with Gasteiger partial charge in [-0.2, -0.15) is 0 Å². The van der Waals surface area contributed by atoms with Gasteiger partial charge in [0.1, 0.15) is 5.54 Å². The van der Waals surface area contributed by atoms with Gasteiger partial charge in [-0.15, -0.1) is 11.3 Å². The Balaban J connectivity index is 1.66. The zero-order valence-corrected chi connectivity index (χ0v) is 10.3. The molecule has 6 heteroatoms. The predicted octanol–water partition coefficient (Wildman–Crippen LogP) is 1.08. The molecule has 5 nitrogen and oxygen atoms in total. The summed E-state index contributed by atoms with van der Waals surface area (Å²) in [4.78, 5) is 16.4. The Bertz CT molecular complexity index is 436. The molecule has 0 spiro atoms. The monoisotopic (exact) mass is 253 g/mol. The molecular weight excluding hydrogens is 238 g/mol. The third-order valence-corrected chi connectivity index (χ3v) is 4.02. The number of hydrogen-bond donors (Lipinski definition) is 2. The van der Waals surface area contributed by atoms with Crippen molar-refractivity contribution in [2.75, 3.05) is 18.5 Å². The van der Waals surface area contributed by atoms with E-state index >= 15 is 0 Å². The van der Waals surface area contributed by atoms with Gasteiger partial charge in [-0.25, -0.2) is 4.98 Å². The van der Waals surface area contributed by atoms with Crippen LogP contribution >= 0.6 is 11.3 Å². The summed E-state index contributed by atoms with van der Waals surface area (Å²) in [5.41, 5.74) is 6.18. The van der Waals surface area contributed by atoms with Gasteiger partial charge in [0.15, 0.2) is 5.13 Å². The van der Waals surface area contributed by atoms with E-state index in [1.54, 1.807) is 0 Å². The van der Waals surface area contributed by atoms with Gasteiger partial charge < -0.3 is 15.8 Å². The quantitative estimate of drug-likeness (QED) is 0.845. The Hall–Kier alpha value is -0.980. The van der Waals surface area contributed by atoms with E-state index in [0.717, 1.165) is 5.69 Å². The highest BCUT2D eigenvalue weighted by atomic mass is 32.1. The summed E-state index contributed by atoms with van der Waals surface area (Å²) in [6.45, 7) is 0.842. The fourth-order valence-corrected chi connectivity index (χ4v) is 2.68. The summed E-state index contributed by atoms with van der Waals surface area (Å²) in [5.74, 6) is 0.422.